The fourth-order valence-electron chi connectivity index (χ4n) is 1.86. The third-order valence-electron chi connectivity index (χ3n) is 2.86. The van der Waals surface area contributed by atoms with E-state index in [0.717, 1.165) is 0 Å². The first kappa shape index (κ1) is 14.7. The van der Waals surface area contributed by atoms with Gasteiger partial charge in [-0.2, -0.15) is 0 Å². The molecule has 0 aliphatic carbocycles. The summed E-state index contributed by atoms with van der Waals surface area (Å²) in [5.74, 6) is -1.06. The van der Waals surface area contributed by atoms with Gasteiger partial charge in [0.05, 0.1) is 6.54 Å². The van der Waals surface area contributed by atoms with Gasteiger partial charge in [0.15, 0.2) is 0 Å². The zero-order chi connectivity index (χ0) is 15.2. The van der Waals surface area contributed by atoms with Crippen molar-refractivity contribution in [3.63, 3.8) is 0 Å². The molecule has 2 aromatic rings. The molecule has 0 spiro atoms. The van der Waals surface area contributed by atoms with Crippen molar-refractivity contribution in [2.75, 3.05) is 18.9 Å². The quantitative estimate of drug-likeness (QED) is 0.939. The molecule has 2 rings (SSSR count). The predicted molar refractivity (Wildman–Crippen MR) is 78.4 cm³/mol. The monoisotopic (exact) mass is 286 g/mol. The lowest BCUT2D eigenvalue weighted by molar-refractivity contribution is -0.116. The molecule has 0 aliphatic rings. The molecular formula is C16H15FN2O2. The number of hydrogen-bond donors (Lipinski definition) is 1. The maximum Gasteiger partial charge on any atom is 0.254 e. The van der Waals surface area contributed by atoms with E-state index >= 15 is 0 Å². The Bertz CT molecular complexity index is 644. The molecule has 0 atom stereocenters. The van der Waals surface area contributed by atoms with E-state index in [1.165, 1.54) is 23.1 Å². The molecule has 0 radical (unpaired) electrons. The van der Waals surface area contributed by atoms with Gasteiger partial charge in [-0.1, -0.05) is 24.3 Å². The zero-order valence-corrected chi connectivity index (χ0v) is 11.5. The number of benzene rings is 2. The van der Waals surface area contributed by atoms with Crippen LogP contribution in [0.3, 0.4) is 0 Å². The van der Waals surface area contributed by atoms with Gasteiger partial charge in [0.1, 0.15) is 5.82 Å². The summed E-state index contributed by atoms with van der Waals surface area (Å²) in [6, 6.07) is 14.3. The van der Waals surface area contributed by atoms with Crippen molar-refractivity contribution < 1.29 is 14.0 Å². The van der Waals surface area contributed by atoms with Crippen molar-refractivity contribution in [2.45, 2.75) is 0 Å². The highest BCUT2D eigenvalue weighted by atomic mass is 19.1. The van der Waals surface area contributed by atoms with Crippen LogP contribution in [0.4, 0.5) is 10.1 Å². The normalized spacial score (nSPS) is 10.0. The van der Waals surface area contributed by atoms with Crippen molar-refractivity contribution in [3.05, 3.63) is 66.0 Å². The fraction of sp³-hybridized carbons (Fsp3) is 0.125. The van der Waals surface area contributed by atoms with Crippen LogP contribution in [0.5, 0.6) is 0 Å². The van der Waals surface area contributed by atoms with Crippen molar-refractivity contribution in [2.24, 2.45) is 0 Å². The Labute approximate surface area is 122 Å². The topological polar surface area (TPSA) is 49.4 Å². The Morgan fingerprint density at radius 1 is 1.10 bits per heavy atom. The minimum absolute atomic E-state index is 0.107. The van der Waals surface area contributed by atoms with E-state index in [0.29, 0.717) is 11.3 Å². The SMILES string of the molecule is CN(CC(=O)Nc1cccc(F)c1)C(=O)c1ccccc1. The van der Waals surface area contributed by atoms with E-state index in [1.807, 2.05) is 6.07 Å². The highest BCUT2D eigenvalue weighted by Crippen LogP contribution is 2.09. The van der Waals surface area contributed by atoms with Crippen LogP contribution in [0.2, 0.25) is 0 Å². The van der Waals surface area contributed by atoms with Gasteiger partial charge in [-0.15, -0.1) is 0 Å². The average molecular weight is 286 g/mol. The number of anilines is 1. The zero-order valence-electron chi connectivity index (χ0n) is 11.5. The van der Waals surface area contributed by atoms with Crippen LogP contribution >= 0.6 is 0 Å². The predicted octanol–water partition coefficient (Wildman–Crippen LogP) is 2.54. The molecule has 4 nitrogen and oxygen atoms in total. The van der Waals surface area contributed by atoms with Gasteiger partial charge in [0.25, 0.3) is 5.91 Å². The van der Waals surface area contributed by atoms with E-state index in [1.54, 1.807) is 37.4 Å². The van der Waals surface area contributed by atoms with Crippen LogP contribution in [0.25, 0.3) is 0 Å². The van der Waals surface area contributed by atoms with Crippen molar-refractivity contribution in [1.82, 2.24) is 4.90 Å². The van der Waals surface area contributed by atoms with Crippen LogP contribution in [0, 0.1) is 5.82 Å². The van der Waals surface area contributed by atoms with Crippen LogP contribution in [-0.2, 0) is 4.79 Å². The lowest BCUT2D eigenvalue weighted by Crippen LogP contribution is -2.34. The third-order valence-corrected chi connectivity index (χ3v) is 2.86. The highest BCUT2D eigenvalue weighted by Gasteiger charge is 2.14. The van der Waals surface area contributed by atoms with Gasteiger partial charge in [-0.25, -0.2) is 4.39 Å². The Kier molecular flexibility index (Phi) is 4.66. The number of nitrogens with one attached hydrogen (secondary N) is 1. The van der Waals surface area contributed by atoms with E-state index in [-0.39, 0.29) is 18.4 Å². The highest BCUT2D eigenvalue weighted by molar-refractivity contribution is 5.99. The number of halogens is 1. The molecule has 0 saturated carbocycles. The molecule has 2 amide bonds. The summed E-state index contributed by atoms with van der Waals surface area (Å²) in [6.45, 7) is -0.107. The van der Waals surface area contributed by atoms with Gasteiger partial charge in [-0.05, 0) is 30.3 Å². The van der Waals surface area contributed by atoms with Crippen LogP contribution in [-0.4, -0.2) is 30.3 Å². The number of hydrogen-bond acceptors (Lipinski definition) is 2. The molecule has 0 saturated heterocycles. The van der Waals surface area contributed by atoms with E-state index in [2.05, 4.69) is 5.32 Å². The fourth-order valence-corrected chi connectivity index (χ4v) is 1.86. The molecule has 0 bridgehead atoms. The van der Waals surface area contributed by atoms with Gasteiger partial charge in [0.2, 0.25) is 5.91 Å². The number of nitrogens with zero attached hydrogens (tertiary/aromatic N) is 1. The minimum Gasteiger partial charge on any atom is -0.332 e. The number of likely N-dealkylation sites (N-methyl/N-ethyl adjacent to an activating group) is 1. The number of carbonyl (C=O) groups excluding carboxylic acids is 2. The summed E-state index contributed by atoms with van der Waals surface area (Å²) in [4.78, 5) is 25.2. The van der Waals surface area contributed by atoms with Gasteiger partial charge in [-0.3, -0.25) is 9.59 Å². The Morgan fingerprint density at radius 3 is 2.48 bits per heavy atom. The summed E-state index contributed by atoms with van der Waals surface area (Å²) in [5, 5.41) is 2.55. The second-order valence-electron chi connectivity index (χ2n) is 4.59. The van der Waals surface area contributed by atoms with Gasteiger partial charge >= 0.3 is 0 Å². The lowest BCUT2D eigenvalue weighted by atomic mass is 10.2. The molecule has 0 unspecified atom stereocenters. The number of amides is 2. The molecule has 5 heteroatoms. The van der Waals surface area contributed by atoms with E-state index < -0.39 is 5.82 Å². The molecule has 0 fully saturated rings. The smallest absolute Gasteiger partial charge is 0.254 e. The second-order valence-corrected chi connectivity index (χ2v) is 4.59. The molecule has 0 aliphatic heterocycles. The first-order chi connectivity index (χ1) is 10.1. The average Bonchev–Trinajstić information content (AvgIpc) is 2.47. The van der Waals surface area contributed by atoms with E-state index in [9.17, 15) is 14.0 Å². The van der Waals surface area contributed by atoms with E-state index in [4.69, 9.17) is 0 Å². The summed E-state index contributed by atoms with van der Waals surface area (Å²) in [7, 11) is 1.54. The Morgan fingerprint density at radius 2 is 1.81 bits per heavy atom. The second kappa shape index (κ2) is 6.65. The maximum atomic E-state index is 13.0. The van der Waals surface area contributed by atoms with Crippen molar-refractivity contribution in [1.29, 1.82) is 0 Å². The Hall–Kier alpha value is -2.69. The van der Waals surface area contributed by atoms with Gasteiger partial charge < -0.3 is 10.2 Å². The number of carbonyl (C=O) groups is 2. The third kappa shape index (κ3) is 4.14. The summed E-state index contributed by atoms with van der Waals surface area (Å²) in [5.41, 5.74) is 0.874. The molecule has 1 N–H and O–H groups in total. The van der Waals surface area contributed by atoms with Crippen LogP contribution in [0.1, 0.15) is 10.4 Å². The lowest BCUT2D eigenvalue weighted by Gasteiger charge is -2.16. The molecular weight excluding hydrogens is 271 g/mol. The van der Waals surface area contributed by atoms with Crippen molar-refractivity contribution in [3.8, 4) is 0 Å². The van der Waals surface area contributed by atoms with Crippen molar-refractivity contribution >= 4 is 17.5 Å². The summed E-state index contributed by atoms with van der Waals surface area (Å²) < 4.78 is 13.0. The van der Waals surface area contributed by atoms with Gasteiger partial charge in [0, 0.05) is 18.3 Å². The summed E-state index contributed by atoms with van der Waals surface area (Å²) in [6.07, 6.45) is 0. The standard InChI is InChI=1S/C16H15FN2O2/c1-19(16(21)12-6-3-2-4-7-12)11-15(20)18-14-9-5-8-13(17)10-14/h2-10H,11H2,1H3,(H,18,20). The number of rotatable bonds is 4. The Balaban J connectivity index is 1.95. The maximum absolute atomic E-state index is 13.0. The summed E-state index contributed by atoms with van der Waals surface area (Å²) >= 11 is 0. The molecule has 2 aromatic carbocycles. The largest absolute Gasteiger partial charge is 0.332 e. The molecule has 108 valence electrons. The minimum atomic E-state index is -0.429. The molecule has 0 heterocycles. The molecule has 0 aromatic heterocycles. The first-order valence-corrected chi connectivity index (χ1v) is 6.42. The van der Waals surface area contributed by atoms with Crippen LogP contribution < -0.4 is 5.32 Å². The molecule has 21 heavy (non-hydrogen) atoms. The first-order valence-electron chi connectivity index (χ1n) is 6.42. The van der Waals surface area contributed by atoms with Crippen LogP contribution in [0.15, 0.2) is 54.6 Å².